The first-order valence-electron chi connectivity index (χ1n) is 17.5. The maximum Gasteiger partial charge on any atom is 0.349 e. The van der Waals surface area contributed by atoms with Crippen LogP contribution in [0.4, 0.5) is 15.8 Å². The Balaban J connectivity index is 1.40. The number of nitrogens with zero attached hydrogens (tertiary/aromatic N) is 1. The molecule has 52 heavy (non-hydrogen) atoms. The molecular weight excluding hydrogens is 695 g/mol. The van der Waals surface area contributed by atoms with Gasteiger partial charge in [0, 0.05) is 23.4 Å². The Hall–Kier alpha value is -4.97. The molecule has 0 heterocycles. The Bertz CT molecular complexity index is 1650. The molecule has 1 atom stereocenters. The number of halogens is 2. The Morgan fingerprint density at radius 2 is 1.42 bits per heavy atom. The van der Waals surface area contributed by atoms with E-state index in [0.717, 1.165) is 63.5 Å². The van der Waals surface area contributed by atoms with Crippen molar-refractivity contribution in [3.8, 4) is 28.4 Å². The fraction of sp³-hybridized carbons (Fsp3) is 0.410. The van der Waals surface area contributed by atoms with Crippen molar-refractivity contribution in [2.45, 2.75) is 90.1 Å². The predicted molar refractivity (Wildman–Crippen MR) is 197 cm³/mol. The van der Waals surface area contributed by atoms with Crippen molar-refractivity contribution in [1.29, 1.82) is 0 Å². The van der Waals surface area contributed by atoms with Crippen LogP contribution in [-0.4, -0.2) is 42.2 Å². The third-order valence-corrected chi connectivity index (χ3v) is 8.24. The largest absolute Gasteiger partial charge is 0.494 e. The molecule has 11 nitrogen and oxygen atoms in total. The van der Waals surface area contributed by atoms with Gasteiger partial charge in [0.1, 0.15) is 16.5 Å². The number of ether oxygens (including phenoxy) is 4. The number of anilines is 1. The molecule has 2 N–H and O–H groups in total. The van der Waals surface area contributed by atoms with Gasteiger partial charge in [0.2, 0.25) is 5.75 Å². The number of alkyl halides is 1. The number of carbonyl (C=O) groups excluding carboxylic acids is 3. The molecule has 0 aromatic heterocycles. The molecule has 0 bridgehead atoms. The maximum absolute atomic E-state index is 14.1. The molecule has 280 valence electrons. The Labute approximate surface area is 308 Å². The number of nitro groups is 1. The number of carbonyl (C=O) groups is 3. The van der Waals surface area contributed by atoms with Crippen LogP contribution in [0.5, 0.6) is 17.2 Å². The molecule has 0 amide bonds. The zero-order valence-corrected chi connectivity index (χ0v) is 30.2. The van der Waals surface area contributed by atoms with E-state index in [1.165, 1.54) is 18.6 Å². The zero-order valence-electron chi connectivity index (χ0n) is 29.4. The fourth-order valence-corrected chi connectivity index (χ4v) is 5.22. The Morgan fingerprint density at radius 3 is 2.00 bits per heavy atom. The Kier molecular flexibility index (Phi) is 17.6. The highest BCUT2D eigenvalue weighted by atomic mass is 35.5. The minimum Gasteiger partial charge on any atom is -0.494 e. The lowest BCUT2D eigenvalue weighted by molar-refractivity contribution is -0.385. The van der Waals surface area contributed by atoms with Gasteiger partial charge in [-0.05, 0) is 61.2 Å². The van der Waals surface area contributed by atoms with Gasteiger partial charge in [-0.1, -0.05) is 95.0 Å². The fourth-order valence-electron chi connectivity index (χ4n) is 5.16. The van der Waals surface area contributed by atoms with E-state index in [4.69, 9.17) is 36.3 Å². The summed E-state index contributed by atoms with van der Waals surface area (Å²) in [5.74, 6) is -1.83. The zero-order chi connectivity index (χ0) is 37.9. The molecule has 0 aliphatic carbocycles. The van der Waals surface area contributed by atoms with Gasteiger partial charge in [0.15, 0.2) is 6.17 Å². The van der Waals surface area contributed by atoms with Gasteiger partial charge in [0.05, 0.1) is 23.7 Å². The lowest BCUT2D eigenvalue weighted by atomic mass is 10.0. The highest BCUT2D eigenvalue weighted by Gasteiger charge is 2.26. The van der Waals surface area contributed by atoms with Crippen LogP contribution in [-0.2, 0) is 14.3 Å². The van der Waals surface area contributed by atoms with Crippen molar-refractivity contribution in [2.24, 2.45) is 0 Å². The van der Waals surface area contributed by atoms with Crippen molar-refractivity contribution < 1.29 is 42.6 Å². The SMILES string of the molecule is C=C(Cl)C(=O)OCCCCCCCCCCCOc1ccc(OC(=O)c2ccc(-c3cc([N+](=O)[O-])c(OC(=O)C(F)CCCC)cc3N)cc2)cc1. The van der Waals surface area contributed by atoms with Crippen molar-refractivity contribution in [1.82, 2.24) is 0 Å². The number of benzene rings is 3. The summed E-state index contributed by atoms with van der Waals surface area (Å²) in [6.07, 6.45) is 8.73. The number of nitro benzene ring substituents is 1. The number of nitrogen functional groups attached to an aromatic ring is 1. The number of unbranched alkanes of at least 4 members (excludes halogenated alkanes) is 9. The summed E-state index contributed by atoms with van der Waals surface area (Å²) >= 11 is 5.47. The molecule has 0 saturated carbocycles. The quantitative estimate of drug-likeness (QED) is 0.0189. The van der Waals surface area contributed by atoms with Gasteiger partial charge in [-0.3, -0.25) is 10.1 Å². The average molecular weight is 741 g/mol. The number of esters is 3. The summed E-state index contributed by atoms with van der Waals surface area (Å²) in [4.78, 5) is 47.1. The second-order valence-corrected chi connectivity index (χ2v) is 12.7. The summed E-state index contributed by atoms with van der Waals surface area (Å²) in [7, 11) is 0. The van der Waals surface area contributed by atoms with Crippen LogP contribution in [0.15, 0.2) is 72.3 Å². The molecule has 0 aliphatic heterocycles. The van der Waals surface area contributed by atoms with Crippen LogP contribution in [0.2, 0.25) is 0 Å². The van der Waals surface area contributed by atoms with Gasteiger partial charge in [-0.25, -0.2) is 18.8 Å². The van der Waals surface area contributed by atoms with Crippen molar-refractivity contribution in [2.75, 3.05) is 18.9 Å². The molecule has 1 unspecified atom stereocenters. The lowest BCUT2D eigenvalue weighted by Crippen LogP contribution is -2.22. The first kappa shape index (κ1) is 41.5. The van der Waals surface area contributed by atoms with Gasteiger partial charge in [-0.2, -0.15) is 0 Å². The van der Waals surface area contributed by atoms with Crippen molar-refractivity contribution >= 4 is 40.9 Å². The second-order valence-electron chi connectivity index (χ2n) is 12.2. The van der Waals surface area contributed by atoms with Crippen LogP contribution in [0.1, 0.15) is 94.3 Å². The third kappa shape index (κ3) is 14.0. The van der Waals surface area contributed by atoms with Crippen LogP contribution in [0.25, 0.3) is 11.1 Å². The van der Waals surface area contributed by atoms with Crippen LogP contribution in [0, 0.1) is 10.1 Å². The number of rotatable bonds is 23. The first-order chi connectivity index (χ1) is 25.0. The van der Waals surface area contributed by atoms with Gasteiger partial charge in [0.25, 0.3) is 0 Å². The monoisotopic (exact) mass is 740 g/mol. The molecule has 3 aromatic rings. The van der Waals surface area contributed by atoms with E-state index in [0.29, 0.717) is 43.1 Å². The van der Waals surface area contributed by atoms with E-state index in [-0.39, 0.29) is 28.3 Å². The third-order valence-electron chi connectivity index (χ3n) is 8.08. The van der Waals surface area contributed by atoms with Crippen molar-refractivity contribution in [3.63, 3.8) is 0 Å². The summed E-state index contributed by atoms with van der Waals surface area (Å²) < 4.78 is 35.4. The van der Waals surface area contributed by atoms with Gasteiger partial charge in [-0.15, -0.1) is 0 Å². The van der Waals surface area contributed by atoms with E-state index in [1.54, 1.807) is 36.4 Å². The van der Waals surface area contributed by atoms with E-state index in [1.807, 2.05) is 6.92 Å². The van der Waals surface area contributed by atoms with Crippen LogP contribution >= 0.6 is 11.6 Å². The van der Waals surface area contributed by atoms with Gasteiger partial charge >= 0.3 is 23.6 Å². The highest BCUT2D eigenvalue weighted by molar-refractivity contribution is 6.40. The number of hydrogen-bond donors (Lipinski definition) is 1. The Morgan fingerprint density at radius 1 is 0.846 bits per heavy atom. The van der Waals surface area contributed by atoms with Crippen molar-refractivity contribution in [3.05, 3.63) is 88.0 Å². The van der Waals surface area contributed by atoms with E-state index in [9.17, 15) is 28.9 Å². The lowest BCUT2D eigenvalue weighted by Gasteiger charge is -2.12. The molecule has 0 aliphatic rings. The summed E-state index contributed by atoms with van der Waals surface area (Å²) in [5, 5.41) is 11.7. The van der Waals surface area contributed by atoms with Crippen LogP contribution in [0.3, 0.4) is 0 Å². The second kappa shape index (κ2) is 22.1. The maximum atomic E-state index is 14.1. The molecule has 13 heteroatoms. The van der Waals surface area contributed by atoms with Crippen LogP contribution < -0.4 is 19.9 Å². The summed E-state index contributed by atoms with van der Waals surface area (Å²) in [6, 6.07) is 15.1. The minimum absolute atomic E-state index is 0.0475. The highest BCUT2D eigenvalue weighted by Crippen LogP contribution is 2.38. The number of hydrogen-bond acceptors (Lipinski definition) is 10. The standard InChI is InChI=1S/C39H46ClFN2O9/c1-3-4-14-33(41)39(46)52-36-26-34(42)32(25-35(36)43(47)48)28-15-17-29(18-16-28)38(45)51-31-21-19-30(20-22-31)49-23-12-10-8-6-5-7-9-11-13-24-50-37(44)27(2)40/h15-22,25-26,33H,2-14,23-24,42H2,1H3. The smallest absolute Gasteiger partial charge is 0.349 e. The molecule has 0 saturated heterocycles. The first-order valence-corrected chi connectivity index (χ1v) is 17.9. The van der Waals surface area contributed by atoms with E-state index >= 15 is 0 Å². The van der Waals surface area contributed by atoms with E-state index < -0.39 is 40.4 Å². The summed E-state index contributed by atoms with van der Waals surface area (Å²) in [6.45, 7) is 6.13. The minimum atomic E-state index is -1.91. The molecule has 3 rings (SSSR count). The normalized spacial score (nSPS) is 11.4. The molecule has 0 fully saturated rings. The van der Waals surface area contributed by atoms with Gasteiger partial charge < -0.3 is 24.7 Å². The summed E-state index contributed by atoms with van der Waals surface area (Å²) in [5.41, 5.74) is 6.62. The average Bonchev–Trinajstić information content (AvgIpc) is 3.12. The molecule has 0 spiro atoms. The molecule has 3 aromatic carbocycles. The molecular formula is C39H46ClFN2O9. The number of nitrogens with two attached hydrogens (primary N) is 1. The molecule has 0 radical (unpaired) electrons. The van der Waals surface area contributed by atoms with E-state index in [2.05, 4.69) is 6.58 Å². The topological polar surface area (TPSA) is 157 Å². The predicted octanol–water partition coefficient (Wildman–Crippen LogP) is 9.68.